The second-order valence-corrected chi connectivity index (χ2v) is 13.0. The van der Waals surface area contributed by atoms with Crippen molar-refractivity contribution in [2.24, 2.45) is 17.1 Å². The fraction of sp³-hybridized carbons (Fsp3) is 0.733. The molecule has 1 aliphatic heterocycles. The van der Waals surface area contributed by atoms with Gasteiger partial charge in [0.2, 0.25) is 12.3 Å². The van der Waals surface area contributed by atoms with E-state index in [1.165, 1.54) is 50.4 Å². The summed E-state index contributed by atoms with van der Waals surface area (Å²) >= 11 is 1.49. The van der Waals surface area contributed by atoms with E-state index in [9.17, 15) is 19.2 Å². The second kappa shape index (κ2) is 18.2. The van der Waals surface area contributed by atoms with Crippen LogP contribution in [0.25, 0.3) is 0 Å². The predicted octanol–water partition coefficient (Wildman–Crippen LogP) is 4.97. The third kappa shape index (κ3) is 12.9. The lowest BCUT2D eigenvalue weighted by Gasteiger charge is -2.36. The Bertz CT molecular complexity index is 881. The molecule has 0 aromatic carbocycles. The molecular formula is C30H52N4O5S. The Balaban J connectivity index is 0.000000435. The van der Waals surface area contributed by atoms with Gasteiger partial charge in [-0.25, -0.2) is 5.06 Å². The van der Waals surface area contributed by atoms with Crippen molar-refractivity contribution in [3.8, 4) is 0 Å². The highest BCUT2D eigenvalue weighted by molar-refractivity contribution is 7.12. The molecule has 1 saturated carbocycles. The smallest absolute Gasteiger partial charge is 0.263 e. The zero-order valence-corrected chi connectivity index (χ0v) is 26.3. The van der Waals surface area contributed by atoms with Crippen LogP contribution in [-0.4, -0.2) is 82.8 Å². The summed E-state index contributed by atoms with van der Waals surface area (Å²) < 4.78 is 0. The van der Waals surface area contributed by atoms with Gasteiger partial charge in [-0.1, -0.05) is 65.9 Å². The number of carbonyl (C=O) groups excluding carboxylic acids is 4. The Morgan fingerprint density at radius 2 is 1.62 bits per heavy atom. The molecule has 1 aromatic heterocycles. The average Bonchev–Trinajstić information content (AvgIpc) is 3.64. The Labute approximate surface area is 245 Å². The molecule has 2 aliphatic rings. The van der Waals surface area contributed by atoms with E-state index < -0.39 is 6.04 Å². The van der Waals surface area contributed by atoms with Gasteiger partial charge in [-0.15, -0.1) is 11.3 Å². The first-order valence-electron chi connectivity index (χ1n) is 14.6. The van der Waals surface area contributed by atoms with Crippen molar-refractivity contribution in [2.75, 3.05) is 26.7 Å². The molecule has 40 heavy (non-hydrogen) atoms. The molecule has 9 nitrogen and oxygen atoms in total. The molecule has 0 spiro atoms. The third-order valence-electron chi connectivity index (χ3n) is 7.57. The van der Waals surface area contributed by atoms with Gasteiger partial charge in [0.25, 0.3) is 5.91 Å². The topological polar surface area (TPSA) is 124 Å². The van der Waals surface area contributed by atoms with Gasteiger partial charge in [0.15, 0.2) is 0 Å². The van der Waals surface area contributed by atoms with Gasteiger partial charge in [0.05, 0.1) is 17.5 Å². The highest BCUT2D eigenvalue weighted by atomic mass is 32.1. The summed E-state index contributed by atoms with van der Waals surface area (Å²) in [6.45, 7) is 10.6. The molecule has 1 saturated heterocycles. The number of nitrogens with zero attached hydrogens (tertiary/aromatic N) is 3. The Hall–Kier alpha value is -2.30. The lowest BCUT2D eigenvalue weighted by Crippen LogP contribution is -2.52. The normalized spacial score (nSPS) is 17.6. The number of hydrogen-bond acceptors (Lipinski definition) is 7. The molecule has 3 amide bonds. The molecule has 3 rings (SSSR count). The maximum atomic E-state index is 12.7. The van der Waals surface area contributed by atoms with E-state index >= 15 is 0 Å². The largest absolute Gasteiger partial charge is 0.341 e. The number of carbonyl (C=O) groups is 4. The minimum absolute atomic E-state index is 0.0181. The number of amides is 3. The van der Waals surface area contributed by atoms with Gasteiger partial charge in [-0.05, 0) is 49.5 Å². The summed E-state index contributed by atoms with van der Waals surface area (Å²) in [6.07, 6.45) is 11.4. The van der Waals surface area contributed by atoms with Crippen LogP contribution in [0.15, 0.2) is 17.5 Å². The zero-order chi connectivity index (χ0) is 30.3. The fourth-order valence-electron chi connectivity index (χ4n) is 4.54. The number of thiophene rings is 1. The number of likely N-dealkylation sites (N-methyl/N-ethyl adjacent to an activating group) is 1. The summed E-state index contributed by atoms with van der Waals surface area (Å²) in [5, 5.41) is 11.0. The van der Waals surface area contributed by atoms with E-state index in [1.54, 1.807) is 6.92 Å². The van der Waals surface area contributed by atoms with E-state index in [2.05, 4.69) is 0 Å². The molecule has 2 heterocycles. The molecule has 10 heteroatoms. The first-order chi connectivity index (χ1) is 18.8. The monoisotopic (exact) mass is 580 g/mol. The maximum absolute atomic E-state index is 12.7. The van der Waals surface area contributed by atoms with Crippen LogP contribution in [0, 0.1) is 11.3 Å². The van der Waals surface area contributed by atoms with Crippen molar-refractivity contribution in [3.63, 3.8) is 0 Å². The summed E-state index contributed by atoms with van der Waals surface area (Å²) in [5.41, 5.74) is 5.91. The first-order valence-corrected chi connectivity index (χ1v) is 15.4. The Morgan fingerprint density at radius 3 is 2.02 bits per heavy atom. The van der Waals surface area contributed by atoms with Crippen LogP contribution < -0.4 is 5.73 Å². The molecule has 1 aliphatic carbocycles. The van der Waals surface area contributed by atoms with Gasteiger partial charge in [-0.3, -0.25) is 24.4 Å². The molecule has 1 unspecified atom stereocenters. The minimum Gasteiger partial charge on any atom is -0.341 e. The number of Topliss-reactive ketones (excluding diaryl/α,β-unsaturated/α-hetero) is 1. The average molecular weight is 581 g/mol. The van der Waals surface area contributed by atoms with Crippen LogP contribution in [0.2, 0.25) is 0 Å². The van der Waals surface area contributed by atoms with Crippen molar-refractivity contribution in [3.05, 3.63) is 22.4 Å². The number of hydrogen-bond donors (Lipinski definition) is 2. The van der Waals surface area contributed by atoms with E-state index in [1.807, 2.05) is 55.1 Å². The van der Waals surface area contributed by atoms with E-state index in [0.717, 1.165) is 43.6 Å². The van der Waals surface area contributed by atoms with Crippen LogP contribution in [0.3, 0.4) is 0 Å². The molecule has 0 radical (unpaired) electrons. The molecule has 2 fully saturated rings. The summed E-state index contributed by atoms with van der Waals surface area (Å²) in [5.74, 6) is -0.187. The van der Waals surface area contributed by atoms with Crippen molar-refractivity contribution in [1.29, 1.82) is 0 Å². The highest BCUT2D eigenvalue weighted by Crippen LogP contribution is 2.23. The molecular weight excluding hydrogens is 528 g/mol. The Kier molecular flexibility index (Phi) is 16.3. The van der Waals surface area contributed by atoms with Crippen molar-refractivity contribution in [1.82, 2.24) is 14.9 Å². The summed E-state index contributed by atoms with van der Waals surface area (Å²) in [6, 6.07) is 3.52. The van der Waals surface area contributed by atoms with Gasteiger partial charge in [0, 0.05) is 32.1 Å². The van der Waals surface area contributed by atoms with E-state index in [0.29, 0.717) is 5.06 Å². The van der Waals surface area contributed by atoms with E-state index in [-0.39, 0.29) is 47.9 Å². The van der Waals surface area contributed by atoms with Crippen molar-refractivity contribution >= 4 is 35.3 Å². The van der Waals surface area contributed by atoms with Gasteiger partial charge < -0.3 is 15.5 Å². The van der Waals surface area contributed by atoms with Gasteiger partial charge in [-0.2, -0.15) is 0 Å². The number of nitrogens with two attached hydrogens (primary N) is 1. The van der Waals surface area contributed by atoms with Crippen molar-refractivity contribution < 1.29 is 24.4 Å². The number of rotatable bonds is 7. The lowest BCUT2D eigenvalue weighted by atomic mass is 9.86. The van der Waals surface area contributed by atoms with Crippen LogP contribution in [0.4, 0.5) is 0 Å². The van der Waals surface area contributed by atoms with Gasteiger partial charge >= 0.3 is 0 Å². The van der Waals surface area contributed by atoms with Crippen LogP contribution in [-0.2, 0) is 14.4 Å². The summed E-state index contributed by atoms with van der Waals surface area (Å²) in [7, 11) is 1.87. The Morgan fingerprint density at radius 1 is 1.10 bits per heavy atom. The maximum Gasteiger partial charge on any atom is 0.263 e. The first kappa shape index (κ1) is 35.7. The fourth-order valence-corrected chi connectivity index (χ4v) is 5.23. The molecule has 2 atom stereocenters. The SMILES string of the molecule is C1CCCC1.CC(=O)C(C)CN(O)C=O.CN(C(=O)[C@@H](N)C(C)(C)C)C1CCCN(C(=O)c2cccs2)CCC1. The third-order valence-corrected chi connectivity index (χ3v) is 8.43. The molecule has 3 N–H and O–H groups in total. The second-order valence-electron chi connectivity index (χ2n) is 12.0. The van der Waals surface area contributed by atoms with E-state index in [4.69, 9.17) is 10.9 Å². The number of hydroxylamine groups is 2. The lowest BCUT2D eigenvalue weighted by molar-refractivity contribution is -0.153. The van der Waals surface area contributed by atoms with Crippen LogP contribution >= 0.6 is 11.3 Å². The quantitative estimate of drug-likeness (QED) is 0.266. The van der Waals surface area contributed by atoms with Crippen LogP contribution in [0.1, 0.15) is 102 Å². The highest BCUT2D eigenvalue weighted by Gasteiger charge is 2.33. The van der Waals surface area contributed by atoms with Crippen LogP contribution in [0.5, 0.6) is 0 Å². The number of likely N-dealkylation sites (tertiary alicyclic amines) is 1. The molecule has 1 aromatic rings. The standard InChI is InChI=1S/C19H31N3O2S.C6H11NO3.C5H10/c1-19(2,3)16(20)18(24)21(4)14-8-5-11-22(12-6-9-14)17(23)15-10-7-13-25-15;1-5(6(2)9)3-7(10)4-8;1-2-4-5-3-1/h7,10,13-14,16H,5-6,8-9,11-12,20H2,1-4H3;4-5,10H,3H2,1-2H3;1-5H2/t16-;;/m1../s1. The van der Waals surface area contributed by atoms with Crippen molar-refractivity contribution in [2.45, 2.75) is 104 Å². The minimum atomic E-state index is -0.486. The summed E-state index contributed by atoms with van der Waals surface area (Å²) in [4.78, 5) is 50.1. The molecule has 0 bridgehead atoms. The molecule has 228 valence electrons. The number of ketones is 1. The zero-order valence-electron chi connectivity index (χ0n) is 25.4. The van der Waals surface area contributed by atoms with Gasteiger partial charge in [0.1, 0.15) is 5.78 Å². The predicted molar refractivity (Wildman–Crippen MR) is 160 cm³/mol.